The maximum atomic E-state index is 9.48. The summed E-state index contributed by atoms with van der Waals surface area (Å²) in [7, 11) is 7.28. The van der Waals surface area contributed by atoms with E-state index in [4.69, 9.17) is 27.9 Å². The lowest BCUT2D eigenvalue weighted by atomic mass is 10.3. The Balaban J connectivity index is 2.14. The van der Waals surface area contributed by atoms with E-state index in [1.807, 2.05) is 28.2 Å². The summed E-state index contributed by atoms with van der Waals surface area (Å²) in [6.07, 6.45) is 2.07. The highest BCUT2D eigenvalue weighted by atomic mass is 35.5. The Morgan fingerprint density at radius 3 is 2.08 bits per heavy atom. The van der Waals surface area contributed by atoms with Crippen molar-refractivity contribution in [3.8, 4) is 11.9 Å². The van der Waals surface area contributed by atoms with Crippen LogP contribution >= 0.6 is 23.2 Å². The van der Waals surface area contributed by atoms with E-state index in [0.29, 0.717) is 27.7 Å². The summed E-state index contributed by atoms with van der Waals surface area (Å²) in [5.41, 5.74) is 0. The highest BCUT2D eigenvalue weighted by molar-refractivity contribution is 6.35. The molecule has 0 N–H and O–H groups in total. The SMILES string of the molecule is CN(C)c1nc(N(C)C)nc(N(C#N)CCOc2ccc(Cl)cc2Cl)n1. The molecule has 0 amide bonds. The van der Waals surface area contributed by atoms with Gasteiger partial charge in [-0.3, -0.25) is 0 Å². The van der Waals surface area contributed by atoms with Crippen LogP contribution < -0.4 is 19.4 Å². The van der Waals surface area contributed by atoms with Crippen molar-refractivity contribution in [2.24, 2.45) is 0 Å². The third kappa shape index (κ3) is 5.00. The molecule has 1 aromatic carbocycles. The van der Waals surface area contributed by atoms with Crippen LogP contribution in [0.3, 0.4) is 0 Å². The second-order valence-electron chi connectivity index (χ2n) is 5.70. The smallest absolute Gasteiger partial charge is 0.245 e. The van der Waals surface area contributed by atoms with Crippen LogP contribution in [0.25, 0.3) is 0 Å². The molecular formula is C16H19Cl2N7O. The minimum absolute atomic E-state index is 0.217. The van der Waals surface area contributed by atoms with Crippen molar-refractivity contribution >= 4 is 41.0 Å². The van der Waals surface area contributed by atoms with Gasteiger partial charge < -0.3 is 14.5 Å². The Labute approximate surface area is 162 Å². The molecule has 0 bridgehead atoms. The molecule has 8 nitrogen and oxygen atoms in total. The zero-order chi connectivity index (χ0) is 19.3. The molecule has 0 saturated heterocycles. The third-order valence-corrected chi connectivity index (χ3v) is 3.76. The minimum Gasteiger partial charge on any atom is -0.490 e. The zero-order valence-corrected chi connectivity index (χ0v) is 16.5. The number of nitrogens with zero attached hydrogens (tertiary/aromatic N) is 7. The van der Waals surface area contributed by atoms with Crippen molar-refractivity contribution in [2.45, 2.75) is 0 Å². The summed E-state index contributed by atoms with van der Waals surface area (Å²) in [6, 6.07) is 4.96. The summed E-state index contributed by atoms with van der Waals surface area (Å²) < 4.78 is 5.63. The van der Waals surface area contributed by atoms with Crippen molar-refractivity contribution in [3.05, 3.63) is 28.2 Å². The average molecular weight is 396 g/mol. The van der Waals surface area contributed by atoms with Gasteiger partial charge in [-0.05, 0) is 18.2 Å². The van der Waals surface area contributed by atoms with Crippen molar-refractivity contribution < 1.29 is 4.74 Å². The van der Waals surface area contributed by atoms with E-state index in [1.165, 1.54) is 4.90 Å². The van der Waals surface area contributed by atoms with E-state index in [1.54, 1.807) is 28.0 Å². The number of ether oxygens (including phenoxy) is 1. The van der Waals surface area contributed by atoms with Gasteiger partial charge in [0.25, 0.3) is 0 Å². The molecule has 0 radical (unpaired) electrons. The van der Waals surface area contributed by atoms with E-state index >= 15 is 0 Å². The van der Waals surface area contributed by atoms with Crippen LogP contribution in [-0.2, 0) is 0 Å². The molecule has 1 heterocycles. The van der Waals surface area contributed by atoms with E-state index in [-0.39, 0.29) is 19.1 Å². The van der Waals surface area contributed by atoms with Crippen LogP contribution in [-0.4, -0.2) is 56.3 Å². The third-order valence-electron chi connectivity index (χ3n) is 3.23. The fourth-order valence-electron chi connectivity index (χ4n) is 1.90. The zero-order valence-electron chi connectivity index (χ0n) is 14.9. The van der Waals surface area contributed by atoms with Gasteiger partial charge in [-0.2, -0.15) is 20.2 Å². The average Bonchev–Trinajstić information content (AvgIpc) is 2.59. The molecule has 2 aromatic rings. The molecule has 1 aromatic heterocycles. The summed E-state index contributed by atoms with van der Waals surface area (Å²) in [5.74, 6) is 1.66. The lowest BCUT2D eigenvalue weighted by molar-refractivity contribution is 0.327. The number of anilines is 3. The predicted octanol–water partition coefficient (Wildman–Crippen LogP) is 2.68. The van der Waals surface area contributed by atoms with Gasteiger partial charge in [0, 0.05) is 33.2 Å². The maximum absolute atomic E-state index is 9.48. The molecule has 138 valence electrons. The van der Waals surface area contributed by atoms with Gasteiger partial charge in [-0.1, -0.05) is 23.2 Å². The second-order valence-corrected chi connectivity index (χ2v) is 6.54. The largest absolute Gasteiger partial charge is 0.490 e. The highest BCUT2D eigenvalue weighted by Gasteiger charge is 2.16. The molecule has 0 aliphatic rings. The fourth-order valence-corrected chi connectivity index (χ4v) is 2.36. The molecular weight excluding hydrogens is 377 g/mol. The van der Waals surface area contributed by atoms with Crippen molar-refractivity contribution in [1.82, 2.24) is 15.0 Å². The van der Waals surface area contributed by atoms with Gasteiger partial charge in [-0.25, -0.2) is 4.90 Å². The quantitative estimate of drug-likeness (QED) is 0.522. The van der Waals surface area contributed by atoms with Crippen LogP contribution in [0.4, 0.5) is 17.8 Å². The molecule has 0 unspecified atom stereocenters. The predicted molar refractivity (Wildman–Crippen MR) is 103 cm³/mol. The van der Waals surface area contributed by atoms with E-state index in [0.717, 1.165) is 0 Å². The lowest BCUT2D eigenvalue weighted by Gasteiger charge is -2.19. The molecule has 0 fully saturated rings. The van der Waals surface area contributed by atoms with Crippen molar-refractivity contribution in [2.75, 3.05) is 56.0 Å². The van der Waals surface area contributed by atoms with E-state index in [2.05, 4.69) is 21.1 Å². The molecule has 10 heteroatoms. The van der Waals surface area contributed by atoms with Crippen LogP contribution in [0.5, 0.6) is 5.75 Å². The Bertz CT molecular complexity index is 781. The molecule has 2 rings (SSSR count). The normalized spacial score (nSPS) is 10.2. The van der Waals surface area contributed by atoms with E-state index < -0.39 is 0 Å². The molecule has 0 aliphatic heterocycles. The fraction of sp³-hybridized carbons (Fsp3) is 0.375. The van der Waals surface area contributed by atoms with Crippen LogP contribution in [0.1, 0.15) is 0 Å². The lowest BCUT2D eigenvalue weighted by Crippen LogP contribution is -2.27. The highest BCUT2D eigenvalue weighted by Crippen LogP contribution is 2.27. The van der Waals surface area contributed by atoms with Gasteiger partial charge in [0.2, 0.25) is 17.8 Å². The second kappa shape index (κ2) is 8.74. The van der Waals surface area contributed by atoms with Crippen LogP contribution in [0.2, 0.25) is 10.0 Å². The van der Waals surface area contributed by atoms with Gasteiger partial charge >= 0.3 is 0 Å². The number of rotatable bonds is 7. The summed E-state index contributed by atoms with van der Waals surface area (Å²) in [4.78, 5) is 17.8. The summed E-state index contributed by atoms with van der Waals surface area (Å²) in [6.45, 7) is 0.467. The van der Waals surface area contributed by atoms with Crippen molar-refractivity contribution in [1.29, 1.82) is 5.26 Å². The van der Waals surface area contributed by atoms with Gasteiger partial charge in [0.15, 0.2) is 6.19 Å². The first kappa shape index (κ1) is 19.8. The standard InChI is InChI=1S/C16H19Cl2N7O/c1-23(2)14-20-15(24(3)4)22-16(21-14)25(10-19)7-8-26-13-6-5-11(17)9-12(13)18/h5-6,9H,7-8H2,1-4H3. The molecule has 0 atom stereocenters. The number of halogens is 2. The van der Waals surface area contributed by atoms with Crippen LogP contribution in [0, 0.1) is 11.5 Å². The Hall–Kier alpha value is -2.50. The number of benzene rings is 1. The number of hydrogen-bond donors (Lipinski definition) is 0. The Kier molecular flexibility index (Phi) is 6.66. The summed E-state index contributed by atoms with van der Waals surface area (Å²) in [5, 5.41) is 10.4. The molecule has 26 heavy (non-hydrogen) atoms. The number of hydrogen-bond acceptors (Lipinski definition) is 8. The minimum atomic E-state index is 0.217. The first-order chi connectivity index (χ1) is 12.3. The van der Waals surface area contributed by atoms with Crippen LogP contribution in [0.15, 0.2) is 18.2 Å². The first-order valence-corrected chi connectivity index (χ1v) is 8.43. The molecule has 0 aliphatic carbocycles. The van der Waals surface area contributed by atoms with Crippen molar-refractivity contribution in [3.63, 3.8) is 0 Å². The maximum Gasteiger partial charge on any atom is 0.245 e. The van der Waals surface area contributed by atoms with E-state index in [9.17, 15) is 5.26 Å². The monoisotopic (exact) mass is 395 g/mol. The Morgan fingerprint density at radius 2 is 1.58 bits per heavy atom. The Morgan fingerprint density at radius 1 is 1.00 bits per heavy atom. The molecule has 0 spiro atoms. The molecule has 0 saturated carbocycles. The van der Waals surface area contributed by atoms with Gasteiger partial charge in [0.1, 0.15) is 12.4 Å². The number of nitriles is 1. The number of aromatic nitrogens is 3. The topological polar surface area (TPSA) is 81.4 Å². The van der Waals surface area contributed by atoms with Gasteiger partial charge in [-0.15, -0.1) is 0 Å². The first-order valence-electron chi connectivity index (χ1n) is 7.67. The summed E-state index contributed by atoms with van der Waals surface area (Å²) >= 11 is 11.9. The van der Waals surface area contributed by atoms with Gasteiger partial charge in [0.05, 0.1) is 11.6 Å².